The van der Waals surface area contributed by atoms with Crippen LogP contribution in [-0.2, 0) is 16.0 Å². The first-order valence-corrected chi connectivity index (χ1v) is 6.79. The number of carbonyl (C=O) groups is 2. The van der Waals surface area contributed by atoms with Crippen LogP contribution in [0.5, 0.6) is 5.75 Å². The summed E-state index contributed by atoms with van der Waals surface area (Å²) >= 11 is 0. The van der Waals surface area contributed by atoms with E-state index in [9.17, 15) is 14.7 Å². The molecule has 0 aliphatic rings. The Hall–Kier alpha value is -2.08. The average Bonchev–Trinajstić information content (AvgIpc) is 2.46. The number of hydrogen-bond acceptors (Lipinski definition) is 4. The lowest BCUT2D eigenvalue weighted by Gasteiger charge is -2.23. The van der Waals surface area contributed by atoms with Crippen molar-refractivity contribution in [3.05, 3.63) is 29.8 Å². The normalized spacial score (nSPS) is 12.6. The Kier molecular flexibility index (Phi) is 5.72. The monoisotopic (exact) mass is 293 g/mol. The molecule has 0 saturated carbocycles. The summed E-state index contributed by atoms with van der Waals surface area (Å²) in [6, 6.07) is 5.84. The van der Waals surface area contributed by atoms with E-state index in [4.69, 9.17) is 5.73 Å². The zero-order valence-electron chi connectivity index (χ0n) is 12.6. The summed E-state index contributed by atoms with van der Waals surface area (Å²) in [5.41, 5.74) is 6.02. The summed E-state index contributed by atoms with van der Waals surface area (Å²) in [6.07, 6.45) is 0.368. The highest BCUT2D eigenvalue weighted by atomic mass is 16.3. The number of amides is 2. The van der Waals surface area contributed by atoms with E-state index in [1.54, 1.807) is 45.2 Å². The van der Waals surface area contributed by atoms with E-state index in [0.29, 0.717) is 6.42 Å². The molecule has 0 aliphatic carbocycles. The minimum absolute atomic E-state index is 0.144. The van der Waals surface area contributed by atoms with E-state index in [-0.39, 0.29) is 24.1 Å². The van der Waals surface area contributed by atoms with E-state index < -0.39 is 11.5 Å². The van der Waals surface area contributed by atoms with E-state index in [1.165, 1.54) is 0 Å². The third-order valence-corrected chi connectivity index (χ3v) is 3.28. The molecule has 0 spiro atoms. The molecule has 0 aliphatic heterocycles. The molecule has 116 valence electrons. The maximum Gasteiger partial charge on any atom is 0.237 e. The highest BCUT2D eigenvalue weighted by molar-refractivity contribution is 5.85. The molecule has 21 heavy (non-hydrogen) atoms. The van der Waals surface area contributed by atoms with Crippen LogP contribution >= 0.6 is 0 Å². The molecular formula is C15H23N3O3. The van der Waals surface area contributed by atoms with Gasteiger partial charge in [-0.05, 0) is 38.0 Å². The van der Waals surface area contributed by atoms with E-state index in [1.807, 2.05) is 0 Å². The molecule has 5 N–H and O–H groups in total. The molecule has 1 rings (SSSR count). The third kappa shape index (κ3) is 5.07. The highest BCUT2D eigenvalue weighted by Crippen LogP contribution is 2.14. The van der Waals surface area contributed by atoms with Crippen LogP contribution in [0.3, 0.4) is 0 Å². The number of hydrogen-bond donors (Lipinski definition) is 4. The maximum absolute atomic E-state index is 12.0. The van der Waals surface area contributed by atoms with Crippen LogP contribution in [0.1, 0.15) is 19.4 Å². The number of phenolic OH excluding ortho intramolecular Hbond substituents is 1. The van der Waals surface area contributed by atoms with Gasteiger partial charge in [0, 0.05) is 13.6 Å². The molecule has 0 unspecified atom stereocenters. The SMILES string of the molecule is CNC(=O)C(C)(C)CNC(=O)[C@@H](N)Cc1ccc(O)cc1. The van der Waals surface area contributed by atoms with Crippen molar-refractivity contribution >= 4 is 11.8 Å². The fourth-order valence-electron chi connectivity index (χ4n) is 1.84. The van der Waals surface area contributed by atoms with Gasteiger partial charge in [0.25, 0.3) is 0 Å². The number of rotatable bonds is 6. The Bertz CT molecular complexity index is 497. The molecule has 1 aromatic carbocycles. The van der Waals surface area contributed by atoms with Gasteiger partial charge in [-0.25, -0.2) is 0 Å². The van der Waals surface area contributed by atoms with Gasteiger partial charge >= 0.3 is 0 Å². The lowest BCUT2D eigenvalue weighted by molar-refractivity contribution is -0.129. The Balaban J connectivity index is 2.51. The summed E-state index contributed by atoms with van der Waals surface area (Å²) in [7, 11) is 1.56. The van der Waals surface area contributed by atoms with Crippen molar-refractivity contribution in [3.8, 4) is 5.75 Å². The Labute approximate surface area is 124 Å². The fraction of sp³-hybridized carbons (Fsp3) is 0.467. The van der Waals surface area contributed by atoms with Crippen molar-refractivity contribution < 1.29 is 14.7 Å². The number of aromatic hydroxyl groups is 1. The molecule has 6 nitrogen and oxygen atoms in total. The largest absolute Gasteiger partial charge is 0.508 e. The van der Waals surface area contributed by atoms with Crippen molar-refractivity contribution in [2.75, 3.05) is 13.6 Å². The van der Waals surface area contributed by atoms with Crippen LogP contribution in [-0.4, -0.2) is 36.6 Å². The van der Waals surface area contributed by atoms with Gasteiger partial charge in [-0.2, -0.15) is 0 Å². The Morgan fingerprint density at radius 3 is 2.38 bits per heavy atom. The summed E-state index contributed by atoms with van der Waals surface area (Å²) < 4.78 is 0. The second-order valence-corrected chi connectivity index (χ2v) is 5.66. The summed E-state index contributed by atoms with van der Waals surface area (Å²) in [5.74, 6) is -0.279. The minimum atomic E-state index is -0.699. The van der Waals surface area contributed by atoms with Crippen LogP contribution in [0.15, 0.2) is 24.3 Å². The second kappa shape index (κ2) is 7.08. The fourth-order valence-corrected chi connectivity index (χ4v) is 1.84. The van der Waals surface area contributed by atoms with Gasteiger partial charge in [0.15, 0.2) is 0 Å². The predicted octanol–water partition coefficient (Wildman–Crippen LogP) is 0.150. The van der Waals surface area contributed by atoms with Crippen LogP contribution in [0, 0.1) is 5.41 Å². The summed E-state index contributed by atoms with van der Waals surface area (Å²) in [6.45, 7) is 3.71. The van der Waals surface area contributed by atoms with Crippen LogP contribution in [0.2, 0.25) is 0 Å². The zero-order valence-corrected chi connectivity index (χ0v) is 12.6. The van der Waals surface area contributed by atoms with Gasteiger partial charge in [-0.3, -0.25) is 9.59 Å². The highest BCUT2D eigenvalue weighted by Gasteiger charge is 2.27. The number of benzene rings is 1. The lowest BCUT2D eigenvalue weighted by Crippen LogP contribution is -2.48. The van der Waals surface area contributed by atoms with Crippen molar-refractivity contribution in [3.63, 3.8) is 0 Å². The van der Waals surface area contributed by atoms with E-state index in [2.05, 4.69) is 10.6 Å². The first-order valence-electron chi connectivity index (χ1n) is 6.79. The number of nitrogens with two attached hydrogens (primary N) is 1. The number of phenols is 1. The van der Waals surface area contributed by atoms with Crippen molar-refractivity contribution in [2.24, 2.45) is 11.1 Å². The first kappa shape index (κ1) is 17.0. The predicted molar refractivity (Wildman–Crippen MR) is 80.6 cm³/mol. The number of carbonyl (C=O) groups excluding carboxylic acids is 2. The maximum atomic E-state index is 12.0. The molecule has 0 heterocycles. The topological polar surface area (TPSA) is 104 Å². The van der Waals surface area contributed by atoms with Crippen molar-refractivity contribution in [1.29, 1.82) is 0 Å². The van der Waals surface area contributed by atoms with Gasteiger partial charge in [0.2, 0.25) is 11.8 Å². The first-order chi connectivity index (χ1) is 9.76. The quantitative estimate of drug-likeness (QED) is 0.599. The van der Waals surface area contributed by atoms with Gasteiger partial charge < -0.3 is 21.5 Å². The Morgan fingerprint density at radius 1 is 1.29 bits per heavy atom. The molecule has 0 fully saturated rings. The molecular weight excluding hydrogens is 270 g/mol. The van der Waals surface area contributed by atoms with E-state index in [0.717, 1.165) is 5.56 Å². The van der Waals surface area contributed by atoms with Gasteiger partial charge in [0.1, 0.15) is 5.75 Å². The summed E-state index contributed by atoms with van der Waals surface area (Å²) in [4.78, 5) is 23.6. The van der Waals surface area contributed by atoms with Gasteiger partial charge in [0.05, 0.1) is 11.5 Å². The van der Waals surface area contributed by atoms with Crippen molar-refractivity contribution in [1.82, 2.24) is 10.6 Å². The van der Waals surface area contributed by atoms with Crippen LogP contribution in [0.4, 0.5) is 0 Å². The summed E-state index contributed by atoms with van der Waals surface area (Å²) in [5, 5.41) is 14.5. The smallest absolute Gasteiger partial charge is 0.237 e. The molecule has 0 aromatic heterocycles. The third-order valence-electron chi connectivity index (χ3n) is 3.28. The molecule has 6 heteroatoms. The second-order valence-electron chi connectivity index (χ2n) is 5.66. The average molecular weight is 293 g/mol. The molecule has 1 atom stereocenters. The van der Waals surface area contributed by atoms with Crippen LogP contribution < -0.4 is 16.4 Å². The molecule has 0 bridgehead atoms. The van der Waals surface area contributed by atoms with Crippen molar-refractivity contribution in [2.45, 2.75) is 26.3 Å². The van der Waals surface area contributed by atoms with Crippen LogP contribution in [0.25, 0.3) is 0 Å². The lowest BCUT2D eigenvalue weighted by atomic mass is 9.92. The number of nitrogens with one attached hydrogen (secondary N) is 2. The molecule has 2 amide bonds. The minimum Gasteiger partial charge on any atom is -0.508 e. The molecule has 1 aromatic rings. The van der Waals surface area contributed by atoms with Gasteiger partial charge in [-0.15, -0.1) is 0 Å². The standard InChI is InChI=1S/C15H23N3O3/c1-15(2,14(21)17-3)9-18-13(20)12(16)8-10-4-6-11(19)7-5-10/h4-7,12,19H,8-9,16H2,1-3H3,(H,17,21)(H,18,20)/t12-/m0/s1. The molecule has 0 radical (unpaired) electrons. The van der Waals surface area contributed by atoms with E-state index >= 15 is 0 Å². The zero-order chi connectivity index (χ0) is 16.0. The van der Waals surface area contributed by atoms with Gasteiger partial charge in [-0.1, -0.05) is 12.1 Å². The molecule has 0 saturated heterocycles. The Morgan fingerprint density at radius 2 is 1.86 bits per heavy atom.